The summed E-state index contributed by atoms with van der Waals surface area (Å²) < 4.78 is 0. The molecule has 1 aromatic rings. The summed E-state index contributed by atoms with van der Waals surface area (Å²) in [4.78, 5) is 4.21. The van der Waals surface area contributed by atoms with Crippen molar-refractivity contribution in [2.45, 2.75) is 38.6 Å². The lowest BCUT2D eigenvalue weighted by molar-refractivity contribution is 0.361. The molecular formula is C13H21N3. The Morgan fingerprint density at radius 3 is 2.69 bits per heavy atom. The smallest absolute Gasteiger partial charge is 0.127 e. The Labute approximate surface area is 97.7 Å². The van der Waals surface area contributed by atoms with Gasteiger partial charge in [0.1, 0.15) is 5.82 Å². The molecule has 0 unspecified atom stereocenters. The molecule has 1 aliphatic rings. The highest BCUT2D eigenvalue weighted by atomic mass is 15.0. The van der Waals surface area contributed by atoms with Crippen molar-refractivity contribution < 1.29 is 0 Å². The SMILES string of the molecule is CNc1cc(NC2CCC(C)CC2)ccn1. The minimum atomic E-state index is 0.642. The van der Waals surface area contributed by atoms with Gasteiger partial charge < -0.3 is 10.6 Å². The van der Waals surface area contributed by atoms with E-state index in [9.17, 15) is 0 Å². The topological polar surface area (TPSA) is 37.0 Å². The second-order valence-electron chi connectivity index (χ2n) is 4.78. The normalized spacial score (nSPS) is 25.1. The Balaban J connectivity index is 1.93. The van der Waals surface area contributed by atoms with E-state index in [4.69, 9.17) is 0 Å². The highest BCUT2D eigenvalue weighted by Crippen LogP contribution is 2.26. The molecule has 2 rings (SSSR count). The molecule has 0 radical (unpaired) electrons. The average Bonchev–Trinajstić information content (AvgIpc) is 2.32. The number of nitrogens with one attached hydrogen (secondary N) is 2. The Morgan fingerprint density at radius 1 is 1.25 bits per heavy atom. The molecule has 0 amide bonds. The van der Waals surface area contributed by atoms with E-state index in [-0.39, 0.29) is 0 Å². The molecule has 1 fully saturated rings. The number of hydrogen-bond donors (Lipinski definition) is 2. The zero-order valence-electron chi connectivity index (χ0n) is 10.2. The Bertz CT molecular complexity index is 330. The highest BCUT2D eigenvalue weighted by Gasteiger charge is 2.17. The largest absolute Gasteiger partial charge is 0.382 e. The summed E-state index contributed by atoms with van der Waals surface area (Å²) in [6.45, 7) is 2.35. The van der Waals surface area contributed by atoms with E-state index in [1.165, 1.54) is 31.4 Å². The lowest BCUT2D eigenvalue weighted by Crippen LogP contribution is -2.25. The molecule has 16 heavy (non-hydrogen) atoms. The minimum Gasteiger partial charge on any atom is -0.382 e. The molecule has 0 spiro atoms. The summed E-state index contributed by atoms with van der Waals surface area (Å²) in [5, 5.41) is 6.66. The first-order valence-electron chi connectivity index (χ1n) is 6.18. The summed E-state index contributed by atoms with van der Waals surface area (Å²) >= 11 is 0. The molecule has 0 bridgehead atoms. The van der Waals surface area contributed by atoms with E-state index in [2.05, 4.69) is 28.6 Å². The van der Waals surface area contributed by atoms with Crippen LogP contribution in [0.2, 0.25) is 0 Å². The van der Waals surface area contributed by atoms with Crippen LogP contribution in [0, 0.1) is 5.92 Å². The van der Waals surface area contributed by atoms with Crippen molar-refractivity contribution in [1.29, 1.82) is 0 Å². The molecule has 1 heterocycles. The fraction of sp³-hybridized carbons (Fsp3) is 0.615. The van der Waals surface area contributed by atoms with Crippen LogP contribution in [0.4, 0.5) is 11.5 Å². The van der Waals surface area contributed by atoms with Crippen LogP contribution in [0.25, 0.3) is 0 Å². The van der Waals surface area contributed by atoms with Gasteiger partial charge in [-0.3, -0.25) is 0 Å². The summed E-state index contributed by atoms with van der Waals surface area (Å²) in [5.74, 6) is 1.83. The van der Waals surface area contributed by atoms with Crippen molar-refractivity contribution >= 4 is 11.5 Å². The van der Waals surface area contributed by atoms with Gasteiger partial charge in [-0.15, -0.1) is 0 Å². The Morgan fingerprint density at radius 2 is 2.00 bits per heavy atom. The van der Waals surface area contributed by atoms with Crippen molar-refractivity contribution in [2.24, 2.45) is 5.92 Å². The van der Waals surface area contributed by atoms with Gasteiger partial charge in [-0.2, -0.15) is 0 Å². The van der Waals surface area contributed by atoms with E-state index in [0.29, 0.717) is 6.04 Å². The minimum absolute atomic E-state index is 0.642. The third kappa shape index (κ3) is 2.87. The number of hydrogen-bond acceptors (Lipinski definition) is 3. The van der Waals surface area contributed by atoms with Gasteiger partial charge in [-0.25, -0.2) is 4.98 Å². The van der Waals surface area contributed by atoms with Crippen molar-refractivity contribution in [3.05, 3.63) is 18.3 Å². The van der Waals surface area contributed by atoms with E-state index in [0.717, 1.165) is 11.7 Å². The molecule has 1 aromatic heterocycles. The molecule has 1 saturated carbocycles. The first-order valence-corrected chi connectivity index (χ1v) is 6.18. The zero-order chi connectivity index (χ0) is 11.4. The standard InChI is InChI=1S/C13H21N3/c1-10-3-5-11(6-4-10)16-12-7-8-15-13(9-12)14-2/h7-11H,3-6H2,1-2H3,(H2,14,15,16). The molecular weight excluding hydrogens is 198 g/mol. The Kier molecular flexibility index (Phi) is 3.65. The molecule has 0 aliphatic heterocycles. The molecule has 3 nitrogen and oxygen atoms in total. The van der Waals surface area contributed by atoms with Crippen LogP contribution in [0.1, 0.15) is 32.6 Å². The summed E-state index contributed by atoms with van der Waals surface area (Å²) in [5.41, 5.74) is 1.18. The molecule has 0 atom stereocenters. The molecule has 1 aliphatic carbocycles. The quantitative estimate of drug-likeness (QED) is 0.820. The van der Waals surface area contributed by atoms with Crippen LogP contribution >= 0.6 is 0 Å². The van der Waals surface area contributed by atoms with Gasteiger partial charge in [0.05, 0.1) is 0 Å². The van der Waals surface area contributed by atoms with Gasteiger partial charge in [0.25, 0.3) is 0 Å². The Hall–Kier alpha value is -1.25. The molecule has 0 aromatic carbocycles. The van der Waals surface area contributed by atoms with Crippen LogP contribution in [-0.2, 0) is 0 Å². The predicted octanol–water partition coefficient (Wildman–Crippen LogP) is 3.11. The van der Waals surface area contributed by atoms with Crippen LogP contribution in [-0.4, -0.2) is 18.1 Å². The summed E-state index contributed by atoms with van der Waals surface area (Å²) in [6.07, 6.45) is 7.12. The van der Waals surface area contributed by atoms with Gasteiger partial charge in [0.15, 0.2) is 0 Å². The second kappa shape index (κ2) is 5.19. The molecule has 88 valence electrons. The monoisotopic (exact) mass is 219 g/mol. The molecule has 3 heteroatoms. The van der Waals surface area contributed by atoms with Gasteiger partial charge in [0.2, 0.25) is 0 Å². The van der Waals surface area contributed by atoms with E-state index in [1.54, 1.807) is 0 Å². The number of nitrogens with zero attached hydrogens (tertiary/aromatic N) is 1. The highest BCUT2D eigenvalue weighted by molar-refractivity contribution is 5.52. The lowest BCUT2D eigenvalue weighted by atomic mass is 9.87. The number of pyridine rings is 1. The van der Waals surface area contributed by atoms with Crippen LogP contribution < -0.4 is 10.6 Å². The van der Waals surface area contributed by atoms with E-state index in [1.807, 2.05) is 19.3 Å². The first-order chi connectivity index (χ1) is 7.78. The maximum absolute atomic E-state index is 4.21. The van der Waals surface area contributed by atoms with Crippen LogP contribution in [0.5, 0.6) is 0 Å². The maximum atomic E-state index is 4.21. The third-order valence-corrected chi connectivity index (χ3v) is 3.40. The van der Waals surface area contributed by atoms with Gasteiger partial charge in [0, 0.05) is 31.0 Å². The zero-order valence-corrected chi connectivity index (χ0v) is 10.2. The third-order valence-electron chi connectivity index (χ3n) is 3.40. The lowest BCUT2D eigenvalue weighted by Gasteiger charge is -2.27. The number of aromatic nitrogens is 1. The average molecular weight is 219 g/mol. The predicted molar refractivity (Wildman–Crippen MR) is 68.8 cm³/mol. The van der Waals surface area contributed by atoms with Gasteiger partial charge in [-0.05, 0) is 37.7 Å². The van der Waals surface area contributed by atoms with Crippen molar-refractivity contribution in [3.63, 3.8) is 0 Å². The molecule has 2 N–H and O–H groups in total. The van der Waals surface area contributed by atoms with Crippen molar-refractivity contribution in [3.8, 4) is 0 Å². The van der Waals surface area contributed by atoms with Crippen LogP contribution in [0.3, 0.4) is 0 Å². The number of anilines is 2. The maximum Gasteiger partial charge on any atom is 0.127 e. The van der Waals surface area contributed by atoms with E-state index < -0.39 is 0 Å². The van der Waals surface area contributed by atoms with Gasteiger partial charge in [-0.1, -0.05) is 6.92 Å². The second-order valence-corrected chi connectivity index (χ2v) is 4.78. The van der Waals surface area contributed by atoms with Crippen molar-refractivity contribution in [2.75, 3.05) is 17.7 Å². The molecule has 0 saturated heterocycles. The number of rotatable bonds is 3. The van der Waals surface area contributed by atoms with Crippen molar-refractivity contribution in [1.82, 2.24) is 4.98 Å². The summed E-state index contributed by atoms with van der Waals surface area (Å²) in [7, 11) is 1.90. The van der Waals surface area contributed by atoms with Gasteiger partial charge >= 0.3 is 0 Å². The summed E-state index contributed by atoms with van der Waals surface area (Å²) in [6, 6.07) is 4.75. The fourth-order valence-electron chi connectivity index (χ4n) is 2.30. The first kappa shape index (κ1) is 11.2. The van der Waals surface area contributed by atoms with Crippen LogP contribution in [0.15, 0.2) is 18.3 Å². The fourth-order valence-corrected chi connectivity index (χ4v) is 2.30. The van der Waals surface area contributed by atoms with E-state index >= 15 is 0 Å².